The average molecular weight is 785 g/mol. The molecule has 0 fully saturated rings. The number of hydrogen-bond acceptors (Lipinski definition) is 8. The number of methoxy groups -OCH3 is 1. The van der Waals surface area contributed by atoms with Gasteiger partial charge in [-0.2, -0.15) is 5.26 Å². The van der Waals surface area contributed by atoms with Crippen molar-refractivity contribution in [3.8, 4) is 34.4 Å². The topological polar surface area (TPSA) is 119 Å². The van der Waals surface area contributed by atoms with Gasteiger partial charge in [0.25, 0.3) is 0 Å². The molecule has 5 aromatic carbocycles. The second-order valence-corrected chi connectivity index (χ2v) is 13.7. The highest BCUT2D eigenvalue weighted by Gasteiger charge is 2.31. The van der Waals surface area contributed by atoms with Crippen LogP contribution in [-0.2, 0) is 40.3 Å². The van der Waals surface area contributed by atoms with Crippen LogP contribution in [0.15, 0.2) is 103 Å². The number of benzene rings is 5. The van der Waals surface area contributed by atoms with Crippen molar-refractivity contribution in [2.75, 3.05) is 13.7 Å². The van der Waals surface area contributed by atoms with Crippen molar-refractivity contribution in [2.45, 2.75) is 44.2 Å². The van der Waals surface area contributed by atoms with Crippen molar-refractivity contribution in [2.24, 2.45) is 0 Å². The maximum absolute atomic E-state index is 13.5. The molecule has 1 amide bonds. The molecule has 0 saturated carbocycles. The molecule has 12 heteroatoms. The number of nitrogens with one attached hydrogen (secondary N) is 2. The van der Waals surface area contributed by atoms with Crippen LogP contribution in [0.3, 0.4) is 0 Å². The molecule has 0 bridgehead atoms. The monoisotopic (exact) mass is 783 g/mol. The molecule has 2 heterocycles. The number of esters is 1. The van der Waals surface area contributed by atoms with Crippen LogP contribution in [0.2, 0.25) is 10.0 Å². The number of hydrogen-bond donors (Lipinski definition) is 2. The minimum Gasteiger partial charge on any atom is -0.489 e. The normalized spacial score (nSPS) is 16.1. The minimum atomic E-state index is -0.865. The first kappa shape index (κ1) is 38.5. The molecule has 0 saturated heterocycles. The van der Waals surface area contributed by atoms with Gasteiger partial charge in [-0.1, -0.05) is 83.9 Å². The Labute approximate surface area is 329 Å². The molecule has 5 aromatic rings. The van der Waals surface area contributed by atoms with Crippen LogP contribution in [-0.4, -0.2) is 37.7 Å². The number of carbonyl (C=O) groups is 2. The number of carbonyl (C=O) groups excluding carboxylic acids is 2. The summed E-state index contributed by atoms with van der Waals surface area (Å²) in [7, 11) is 1.31. The zero-order valence-electron chi connectivity index (χ0n) is 29.1. The van der Waals surface area contributed by atoms with Crippen LogP contribution in [0.25, 0.3) is 11.1 Å². The fourth-order valence-electron chi connectivity index (χ4n) is 6.45. The Bertz CT molecular complexity index is 2170. The predicted molar refractivity (Wildman–Crippen MR) is 208 cm³/mol. The smallest absolute Gasteiger partial charge is 0.328 e. The third-order valence-electron chi connectivity index (χ3n) is 9.43. The summed E-state index contributed by atoms with van der Waals surface area (Å²) in [6, 6.07) is 32.8. The lowest BCUT2D eigenvalue weighted by Gasteiger charge is -2.31. The molecule has 1 unspecified atom stereocenters. The number of amides is 1. The van der Waals surface area contributed by atoms with E-state index in [4.69, 9.17) is 47.4 Å². The van der Waals surface area contributed by atoms with E-state index in [0.29, 0.717) is 59.0 Å². The van der Waals surface area contributed by atoms with Crippen molar-refractivity contribution in [3.63, 3.8) is 0 Å². The summed E-state index contributed by atoms with van der Waals surface area (Å²) in [6.07, 6.45) is 0.369. The fraction of sp³-hybridized carbons (Fsp3) is 0.214. The van der Waals surface area contributed by atoms with Gasteiger partial charge in [-0.25, -0.2) is 4.79 Å². The van der Waals surface area contributed by atoms with Crippen molar-refractivity contribution in [3.05, 3.63) is 147 Å². The number of halogens is 3. The van der Waals surface area contributed by atoms with Crippen molar-refractivity contribution in [1.29, 1.82) is 5.26 Å². The van der Waals surface area contributed by atoms with Crippen molar-refractivity contribution < 1.29 is 28.5 Å². The van der Waals surface area contributed by atoms with Gasteiger partial charge in [0, 0.05) is 18.5 Å². The molecule has 9 nitrogen and oxygen atoms in total. The Balaban J connectivity index is 0.00000497. The maximum Gasteiger partial charge on any atom is 0.328 e. The molecular weight excluding hydrogens is 749 g/mol. The number of fused-ring (bicyclic) bond motifs is 2. The summed E-state index contributed by atoms with van der Waals surface area (Å²) in [5.74, 6) is 1.13. The molecule has 54 heavy (non-hydrogen) atoms. The summed E-state index contributed by atoms with van der Waals surface area (Å²) < 4.78 is 23.5. The summed E-state index contributed by atoms with van der Waals surface area (Å²) in [5.41, 5.74) is 7.14. The predicted octanol–water partition coefficient (Wildman–Crippen LogP) is 7.96. The molecular formula is C42H36Cl3N3O6. The Hall–Kier alpha value is -5.24. The van der Waals surface area contributed by atoms with Gasteiger partial charge in [-0.05, 0) is 82.3 Å². The van der Waals surface area contributed by atoms with E-state index in [0.717, 1.165) is 38.9 Å². The first-order valence-corrected chi connectivity index (χ1v) is 17.9. The second kappa shape index (κ2) is 17.3. The molecule has 3 atom stereocenters. The maximum atomic E-state index is 13.5. The highest BCUT2D eigenvalue weighted by molar-refractivity contribution is 6.42. The zero-order valence-corrected chi connectivity index (χ0v) is 31.5. The number of nitrogens with zero attached hydrogens (tertiary/aromatic N) is 1. The molecule has 2 N–H and O–H groups in total. The van der Waals surface area contributed by atoms with Gasteiger partial charge in [0.2, 0.25) is 5.91 Å². The average Bonchev–Trinajstić information content (AvgIpc) is 3.20. The molecule has 0 aromatic heterocycles. The van der Waals surface area contributed by atoms with Crippen LogP contribution in [0.4, 0.5) is 0 Å². The quantitative estimate of drug-likeness (QED) is 0.137. The lowest BCUT2D eigenvalue weighted by Crippen LogP contribution is -2.53. The van der Waals surface area contributed by atoms with Crippen molar-refractivity contribution in [1.82, 2.24) is 10.6 Å². The summed E-state index contributed by atoms with van der Waals surface area (Å²) >= 11 is 12.4. The van der Waals surface area contributed by atoms with E-state index in [1.165, 1.54) is 7.11 Å². The molecule has 2 aliphatic heterocycles. The van der Waals surface area contributed by atoms with Gasteiger partial charge in [-0.15, -0.1) is 12.4 Å². The zero-order chi connectivity index (χ0) is 36.9. The molecule has 7 rings (SSSR count). The Kier molecular flexibility index (Phi) is 12.3. The van der Waals surface area contributed by atoms with E-state index in [9.17, 15) is 9.59 Å². The van der Waals surface area contributed by atoms with E-state index in [1.807, 2.05) is 84.9 Å². The summed E-state index contributed by atoms with van der Waals surface area (Å²) in [6.45, 7) is 1.05. The van der Waals surface area contributed by atoms with Crippen LogP contribution in [0, 0.1) is 11.3 Å². The molecule has 276 valence electrons. The SMILES string of the molecule is COC(=O)[C@H](Cc1ccc(-c2ccc(C#N)cc2)cc1)NC(=O)C1Cc2cc3c(cc2CN1)O[C@@H](c1ccc(OCc2cccc(Cl)c2Cl)cc1)CO3.Cl. The van der Waals surface area contributed by atoms with Crippen LogP contribution >= 0.6 is 35.6 Å². The van der Waals surface area contributed by atoms with Gasteiger partial charge in [0.1, 0.15) is 25.0 Å². The Morgan fingerprint density at radius 2 is 1.65 bits per heavy atom. The molecule has 0 radical (unpaired) electrons. The van der Waals surface area contributed by atoms with Gasteiger partial charge in [-0.3, -0.25) is 4.79 Å². The van der Waals surface area contributed by atoms with Gasteiger partial charge in [0.15, 0.2) is 17.6 Å². The summed E-state index contributed by atoms with van der Waals surface area (Å²) in [5, 5.41) is 16.3. The Morgan fingerprint density at radius 3 is 2.35 bits per heavy atom. The largest absolute Gasteiger partial charge is 0.489 e. The highest BCUT2D eigenvalue weighted by Crippen LogP contribution is 2.40. The van der Waals surface area contributed by atoms with Gasteiger partial charge in [0.05, 0.1) is 34.8 Å². The van der Waals surface area contributed by atoms with Crippen LogP contribution < -0.4 is 24.8 Å². The first-order chi connectivity index (χ1) is 25.8. The minimum absolute atomic E-state index is 0. The summed E-state index contributed by atoms with van der Waals surface area (Å²) in [4.78, 5) is 26.3. The number of nitriles is 1. The first-order valence-electron chi connectivity index (χ1n) is 17.1. The second-order valence-electron chi connectivity index (χ2n) is 12.9. The highest BCUT2D eigenvalue weighted by atomic mass is 35.5. The van der Waals surface area contributed by atoms with E-state index in [2.05, 4.69) is 16.7 Å². The van der Waals surface area contributed by atoms with Crippen LogP contribution in [0.1, 0.15) is 39.5 Å². The Morgan fingerprint density at radius 1 is 0.944 bits per heavy atom. The van der Waals surface area contributed by atoms with E-state index in [-0.39, 0.29) is 30.8 Å². The molecule has 2 aliphatic rings. The number of ether oxygens (including phenoxy) is 4. The van der Waals surface area contributed by atoms with Crippen molar-refractivity contribution >= 4 is 47.5 Å². The third-order valence-corrected chi connectivity index (χ3v) is 10.3. The van der Waals surface area contributed by atoms with E-state index < -0.39 is 18.1 Å². The lowest BCUT2D eigenvalue weighted by atomic mass is 9.94. The van der Waals surface area contributed by atoms with E-state index in [1.54, 1.807) is 18.2 Å². The molecule has 0 aliphatic carbocycles. The lowest BCUT2D eigenvalue weighted by molar-refractivity contribution is -0.145. The standard InChI is InChI=1S/C42H35Cl2N3O6.ClH/c1-50-42(49)36(17-25-5-9-27(10-6-25)28-11-7-26(21-45)8-12-28)47-41(48)35-18-31-19-37-38(20-32(31)22-46-35)53-39(24-52-37)29-13-15-33(16-14-29)51-23-30-3-2-4-34(43)40(30)44;/h2-16,19-20,35-36,39,46H,17-18,22-24H2,1H3,(H,47,48);1H/t35?,36-,39+;/m0./s1. The fourth-order valence-corrected chi connectivity index (χ4v) is 6.82. The van der Waals surface area contributed by atoms with Crippen LogP contribution in [0.5, 0.6) is 17.2 Å². The molecule has 0 spiro atoms. The van der Waals surface area contributed by atoms with Gasteiger partial charge < -0.3 is 29.6 Å². The number of rotatable bonds is 10. The third kappa shape index (κ3) is 8.75. The van der Waals surface area contributed by atoms with E-state index >= 15 is 0 Å². The van der Waals surface area contributed by atoms with Gasteiger partial charge >= 0.3 is 5.97 Å².